The fourth-order valence-electron chi connectivity index (χ4n) is 4.79. The Bertz CT molecular complexity index is 1510. The first-order chi connectivity index (χ1) is 16.3. The number of hydrogen-bond donors (Lipinski definition) is 0. The lowest BCUT2D eigenvalue weighted by Crippen LogP contribution is -2.37. The van der Waals surface area contributed by atoms with Crippen LogP contribution >= 0.6 is 0 Å². The molecule has 7 heteroatoms. The van der Waals surface area contributed by atoms with E-state index in [4.69, 9.17) is 18.3 Å². The van der Waals surface area contributed by atoms with E-state index in [1.807, 2.05) is 39.0 Å². The summed E-state index contributed by atoms with van der Waals surface area (Å²) in [5.74, 6) is 2.05. The molecule has 0 saturated carbocycles. The van der Waals surface area contributed by atoms with Gasteiger partial charge in [-0.15, -0.1) is 0 Å². The van der Waals surface area contributed by atoms with Crippen LogP contribution in [0.1, 0.15) is 33.6 Å². The largest absolute Gasteiger partial charge is 0.493 e. The van der Waals surface area contributed by atoms with E-state index in [-0.39, 0.29) is 12.3 Å². The maximum Gasteiger partial charge on any atom is 0.340 e. The van der Waals surface area contributed by atoms with Gasteiger partial charge >= 0.3 is 5.63 Å². The van der Waals surface area contributed by atoms with Crippen molar-refractivity contribution >= 4 is 27.8 Å². The number of amides is 1. The molecule has 1 amide bonds. The third-order valence-electron chi connectivity index (χ3n) is 6.98. The average molecular weight is 462 g/mol. The van der Waals surface area contributed by atoms with E-state index < -0.39 is 5.63 Å². The van der Waals surface area contributed by atoms with Crippen LogP contribution in [0.25, 0.3) is 21.9 Å². The molecule has 0 fully saturated rings. The topological polar surface area (TPSA) is 82.1 Å². The van der Waals surface area contributed by atoms with Gasteiger partial charge in [0.2, 0.25) is 5.91 Å². The van der Waals surface area contributed by atoms with Gasteiger partial charge in [0.15, 0.2) is 11.5 Å². The van der Waals surface area contributed by atoms with Crippen LogP contribution < -0.4 is 15.1 Å². The molecule has 0 saturated heterocycles. The van der Waals surface area contributed by atoms with Crippen LogP contribution in [-0.2, 0) is 24.2 Å². The van der Waals surface area contributed by atoms with Gasteiger partial charge in [0.1, 0.15) is 16.9 Å². The predicted molar refractivity (Wildman–Crippen MR) is 129 cm³/mol. The summed E-state index contributed by atoms with van der Waals surface area (Å²) >= 11 is 0. The number of fused-ring (bicyclic) bond motifs is 3. The summed E-state index contributed by atoms with van der Waals surface area (Å²) in [6.07, 6.45) is 0.706. The van der Waals surface area contributed by atoms with Gasteiger partial charge < -0.3 is 23.2 Å². The summed E-state index contributed by atoms with van der Waals surface area (Å²) in [6, 6.07) is 7.63. The second-order valence-corrected chi connectivity index (χ2v) is 8.84. The Hall–Kier alpha value is -3.74. The first-order valence-electron chi connectivity index (χ1n) is 11.3. The summed E-state index contributed by atoms with van der Waals surface area (Å²) in [5.41, 5.74) is 5.04. The lowest BCUT2D eigenvalue weighted by Gasteiger charge is -2.29. The molecule has 5 rings (SSSR count). The number of aryl methyl sites for hydroxylation is 3. The number of ether oxygens (including phenoxy) is 2. The van der Waals surface area contributed by atoms with Gasteiger partial charge in [0.25, 0.3) is 0 Å². The Labute approximate surface area is 196 Å². The smallest absolute Gasteiger partial charge is 0.340 e. The van der Waals surface area contributed by atoms with Gasteiger partial charge in [-0.3, -0.25) is 4.79 Å². The number of carbonyl (C=O) groups is 1. The molecule has 176 valence electrons. The van der Waals surface area contributed by atoms with Crippen LogP contribution in [-0.4, -0.2) is 31.6 Å². The van der Waals surface area contributed by atoms with Crippen LogP contribution in [0.2, 0.25) is 0 Å². The lowest BCUT2D eigenvalue weighted by molar-refractivity contribution is -0.131. The minimum absolute atomic E-state index is 0.00579. The first-order valence-corrected chi connectivity index (χ1v) is 11.3. The van der Waals surface area contributed by atoms with E-state index in [0.29, 0.717) is 47.7 Å². The summed E-state index contributed by atoms with van der Waals surface area (Å²) in [4.78, 5) is 27.9. The quantitative estimate of drug-likeness (QED) is 0.413. The molecule has 1 aliphatic heterocycles. The van der Waals surface area contributed by atoms with Crippen molar-refractivity contribution in [2.45, 2.75) is 40.2 Å². The van der Waals surface area contributed by atoms with Gasteiger partial charge in [0, 0.05) is 29.9 Å². The van der Waals surface area contributed by atoms with Crippen LogP contribution in [0.15, 0.2) is 37.9 Å². The Balaban J connectivity index is 1.46. The van der Waals surface area contributed by atoms with Crippen molar-refractivity contribution in [1.82, 2.24) is 4.90 Å². The fraction of sp³-hybridized carbons (Fsp3) is 0.333. The zero-order valence-corrected chi connectivity index (χ0v) is 20.0. The van der Waals surface area contributed by atoms with Crippen molar-refractivity contribution in [2.75, 3.05) is 20.8 Å². The third-order valence-corrected chi connectivity index (χ3v) is 6.98. The average Bonchev–Trinajstić information content (AvgIpc) is 3.11. The highest BCUT2D eigenvalue weighted by Gasteiger charge is 2.25. The minimum Gasteiger partial charge on any atom is -0.493 e. The zero-order valence-electron chi connectivity index (χ0n) is 20.0. The van der Waals surface area contributed by atoms with Gasteiger partial charge in [-0.2, -0.15) is 0 Å². The Morgan fingerprint density at radius 3 is 2.26 bits per heavy atom. The maximum absolute atomic E-state index is 13.2. The number of benzene rings is 2. The summed E-state index contributed by atoms with van der Waals surface area (Å²) in [6.45, 7) is 6.83. The van der Waals surface area contributed by atoms with E-state index in [2.05, 4.69) is 0 Å². The van der Waals surface area contributed by atoms with E-state index in [1.54, 1.807) is 25.2 Å². The van der Waals surface area contributed by atoms with E-state index >= 15 is 0 Å². The van der Waals surface area contributed by atoms with Crippen molar-refractivity contribution in [3.8, 4) is 11.5 Å². The molecule has 0 radical (unpaired) electrons. The number of carbonyl (C=O) groups excluding carboxylic acids is 1. The number of hydrogen-bond acceptors (Lipinski definition) is 6. The molecule has 1 aliphatic rings. The molecule has 0 unspecified atom stereocenters. The number of methoxy groups -OCH3 is 2. The Kier molecular flexibility index (Phi) is 5.35. The fourth-order valence-corrected chi connectivity index (χ4v) is 4.79. The summed E-state index contributed by atoms with van der Waals surface area (Å²) in [5, 5.41) is 1.80. The molecule has 2 aromatic heterocycles. The van der Waals surface area contributed by atoms with E-state index in [1.165, 1.54) is 0 Å². The SMILES string of the molecule is COc1cc2c(cc1OC)CN(C(=O)Cc1c(C)c3cc4c(C)c(C)oc4cc3oc1=O)CC2. The second-order valence-electron chi connectivity index (χ2n) is 8.84. The van der Waals surface area contributed by atoms with Crippen molar-refractivity contribution in [3.63, 3.8) is 0 Å². The standard InChI is InChI=1S/C27H27NO6/c1-14-16(3)33-22-12-23-20(10-19(14)22)15(2)21(27(30)34-23)11-26(29)28-7-6-17-8-24(31-4)25(32-5)9-18(17)13-28/h8-10,12H,6-7,11,13H2,1-5H3. The molecule has 0 atom stereocenters. The van der Waals surface area contributed by atoms with Crippen LogP contribution in [0, 0.1) is 20.8 Å². The number of rotatable bonds is 4. The summed E-state index contributed by atoms with van der Waals surface area (Å²) < 4.78 is 22.2. The highest BCUT2D eigenvalue weighted by molar-refractivity contribution is 5.97. The molecule has 0 aliphatic carbocycles. The Morgan fingerprint density at radius 2 is 1.56 bits per heavy atom. The molecule has 2 aromatic carbocycles. The molecule has 7 nitrogen and oxygen atoms in total. The number of nitrogens with zero attached hydrogens (tertiary/aromatic N) is 1. The number of furan rings is 1. The molecule has 34 heavy (non-hydrogen) atoms. The zero-order chi connectivity index (χ0) is 24.1. The highest BCUT2D eigenvalue weighted by atomic mass is 16.5. The van der Waals surface area contributed by atoms with Crippen molar-refractivity contribution in [1.29, 1.82) is 0 Å². The van der Waals surface area contributed by atoms with Gasteiger partial charge in [0.05, 0.1) is 26.2 Å². The molecular weight excluding hydrogens is 434 g/mol. The third kappa shape index (κ3) is 3.52. The molecule has 4 aromatic rings. The van der Waals surface area contributed by atoms with Crippen molar-refractivity contribution < 1.29 is 23.1 Å². The lowest BCUT2D eigenvalue weighted by atomic mass is 9.97. The van der Waals surface area contributed by atoms with Gasteiger partial charge in [-0.05, 0) is 67.6 Å². The van der Waals surface area contributed by atoms with E-state index in [9.17, 15) is 9.59 Å². The minimum atomic E-state index is -0.485. The maximum atomic E-state index is 13.2. The Morgan fingerprint density at radius 1 is 0.912 bits per heavy atom. The van der Waals surface area contributed by atoms with Crippen LogP contribution in [0.3, 0.4) is 0 Å². The molecule has 0 bridgehead atoms. The molecular formula is C27H27NO6. The molecule has 0 spiro atoms. The highest BCUT2D eigenvalue weighted by Crippen LogP contribution is 2.34. The van der Waals surface area contributed by atoms with Gasteiger partial charge in [-0.25, -0.2) is 4.79 Å². The second kappa shape index (κ2) is 8.24. The predicted octanol–water partition coefficient (Wildman–Crippen LogP) is 4.61. The molecule has 3 heterocycles. The molecule has 0 N–H and O–H groups in total. The van der Waals surface area contributed by atoms with Gasteiger partial charge in [-0.1, -0.05) is 0 Å². The van der Waals surface area contributed by atoms with Crippen molar-refractivity contribution in [2.24, 2.45) is 0 Å². The van der Waals surface area contributed by atoms with Crippen LogP contribution in [0.5, 0.6) is 11.5 Å². The normalized spacial score (nSPS) is 13.4. The van der Waals surface area contributed by atoms with E-state index in [0.717, 1.165) is 38.8 Å². The summed E-state index contributed by atoms with van der Waals surface area (Å²) in [7, 11) is 3.21. The van der Waals surface area contributed by atoms with Crippen molar-refractivity contribution in [3.05, 3.63) is 68.3 Å². The monoisotopic (exact) mass is 461 g/mol. The first kappa shape index (κ1) is 22.1. The van der Waals surface area contributed by atoms with Crippen LogP contribution in [0.4, 0.5) is 0 Å².